The number of hydrogen-bond donors (Lipinski definition) is 0. The minimum absolute atomic E-state index is 0.369. The van der Waals surface area contributed by atoms with Crippen LogP contribution in [0.15, 0.2) is 65.2 Å². The fourth-order valence-corrected chi connectivity index (χ4v) is 4.96. The van der Waals surface area contributed by atoms with Crippen LogP contribution in [0.25, 0.3) is 21.5 Å². The lowest BCUT2D eigenvalue weighted by molar-refractivity contribution is 0.137. The van der Waals surface area contributed by atoms with E-state index in [0.717, 1.165) is 42.0 Å². The first-order chi connectivity index (χ1) is 13.4. The number of fused-ring (bicyclic) bond motifs is 1. The minimum atomic E-state index is 0.369. The summed E-state index contributed by atoms with van der Waals surface area (Å²) in [5.74, 6) is 0.833. The van der Waals surface area contributed by atoms with Crippen LogP contribution in [-0.2, 0) is 6.54 Å². The van der Waals surface area contributed by atoms with Gasteiger partial charge in [-0.1, -0.05) is 54.0 Å². The first-order valence-electron chi connectivity index (χ1n) is 9.47. The highest BCUT2D eigenvalue weighted by molar-refractivity contribution is 7.18. The molecule has 5 heteroatoms. The zero-order valence-electron chi connectivity index (χ0n) is 15.0. The van der Waals surface area contributed by atoms with E-state index >= 15 is 0 Å². The number of para-hydroxylation sites is 1. The highest BCUT2D eigenvalue weighted by Gasteiger charge is 2.27. The van der Waals surface area contributed by atoms with Gasteiger partial charge >= 0.3 is 0 Å². The number of hydrogen-bond acceptors (Lipinski definition) is 5. The fraction of sp³-hybridized carbons (Fsp3) is 0.273. The van der Waals surface area contributed by atoms with Gasteiger partial charge in [0.2, 0.25) is 0 Å². The summed E-state index contributed by atoms with van der Waals surface area (Å²) in [4.78, 5) is 7.42. The maximum Gasteiger partial charge on any atom is 0.167 e. The summed E-state index contributed by atoms with van der Waals surface area (Å²) in [5, 5.41) is 5.55. The molecule has 27 heavy (non-hydrogen) atoms. The van der Waals surface area contributed by atoms with Crippen molar-refractivity contribution in [3.8, 4) is 11.3 Å². The first-order valence-corrected chi connectivity index (χ1v) is 10.3. The lowest BCUT2D eigenvalue weighted by Crippen LogP contribution is -2.32. The van der Waals surface area contributed by atoms with E-state index in [0.29, 0.717) is 6.04 Å². The molecule has 1 fully saturated rings. The van der Waals surface area contributed by atoms with Crippen molar-refractivity contribution in [1.82, 2.24) is 15.0 Å². The number of likely N-dealkylation sites (tertiary alicyclic amines) is 1. The average Bonchev–Trinajstić information content (AvgIpc) is 3.36. The smallest absolute Gasteiger partial charge is 0.167 e. The van der Waals surface area contributed by atoms with Gasteiger partial charge in [-0.25, -0.2) is 4.98 Å². The van der Waals surface area contributed by atoms with E-state index in [-0.39, 0.29) is 0 Å². The Bertz CT molecular complexity index is 1010. The molecule has 0 N–H and O–H groups in total. The summed E-state index contributed by atoms with van der Waals surface area (Å²) in [6.07, 6.45) is 3.64. The molecule has 0 radical (unpaired) electrons. The Kier molecular flexibility index (Phi) is 4.47. The number of benzene rings is 2. The van der Waals surface area contributed by atoms with Gasteiger partial charge in [-0.05, 0) is 31.5 Å². The van der Waals surface area contributed by atoms with Crippen LogP contribution >= 0.6 is 11.3 Å². The Hall–Kier alpha value is -2.50. The largest absolute Gasteiger partial charge is 0.356 e. The van der Waals surface area contributed by atoms with Gasteiger partial charge in [0.15, 0.2) is 5.76 Å². The summed E-state index contributed by atoms with van der Waals surface area (Å²) in [6, 6.07) is 21.0. The Labute approximate surface area is 162 Å². The molecule has 136 valence electrons. The van der Waals surface area contributed by atoms with E-state index in [4.69, 9.17) is 9.51 Å². The molecule has 1 saturated heterocycles. The molecular formula is C22H21N3OS. The van der Waals surface area contributed by atoms with Crippen molar-refractivity contribution < 1.29 is 4.52 Å². The van der Waals surface area contributed by atoms with Crippen LogP contribution in [0.4, 0.5) is 0 Å². The summed E-state index contributed by atoms with van der Waals surface area (Å²) in [5.41, 5.74) is 3.16. The molecule has 1 aliphatic rings. The molecule has 0 amide bonds. The molecule has 0 aliphatic carbocycles. The van der Waals surface area contributed by atoms with Crippen LogP contribution in [-0.4, -0.2) is 21.6 Å². The third-order valence-corrected chi connectivity index (χ3v) is 6.33. The molecule has 4 nitrogen and oxygen atoms in total. The number of piperidine rings is 1. The second kappa shape index (κ2) is 7.25. The Balaban J connectivity index is 1.39. The highest BCUT2D eigenvalue weighted by Crippen LogP contribution is 2.36. The molecule has 0 unspecified atom stereocenters. The maximum absolute atomic E-state index is 5.59. The molecule has 4 aromatic rings. The van der Waals surface area contributed by atoms with Crippen LogP contribution in [0.2, 0.25) is 0 Å². The average molecular weight is 375 g/mol. The van der Waals surface area contributed by atoms with Crippen LogP contribution in [0.5, 0.6) is 0 Å². The molecule has 3 heterocycles. The number of thiazole rings is 1. The van der Waals surface area contributed by atoms with Crippen molar-refractivity contribution >= 4 is 21.6 Å². The van der Waals surface area contributed by atoms with E-state index in [2.05, 4.69) is 52.5 Å². The third-order valence-electron chi connectivity index (χ3n) is 5.19. The maximum atomic E-state index is 5.59. The number of aromatic nitrogens is 2. The molecule has 2 aromatic carbocycles. The van der Waals surface area contributed by atoms with Gasteiger partial charge in [0.05, 0.1) is 22.0 Å². The van der Waals surface area contributed by atoms with Crippen LogP contribution < -0.4 is 0 Å². The molecule has 5 rings (SSSR count). The van der Waals surface area contributed by atoms with Crippen molar-refractivity contribution in [1.29, 1.82) is 0 Å². The Morgan fingerprint density at radius 2 is 1.89 bits per heavy atom. The zero-order chi connectivity index (χ0) is 18.1. The van der Waals surface area contributed by atoms with E-state index in [1.807, 2.05) is 29.5 Å². The molecule has 0 spiro atoms. The Morgan fingerprint density at radius 3 is 2.78 bits per heavy atom. The monoisotopic (exact) mass is 375 g/mol. The van der Waals surface area contributed by atoms with E-state index in [9.17, 15) is 0 Å². The van der Waals surface area contributed by atoms with Gasteiger partial charge in [0, 0.05) is 18.2 Å². The van der Waals surface area contributed by atoms with Crippen molar-refractivity contribution in [3.63, 3.8) is 0 Å². The molecular weight excluding hydrogens is 354 g/mol. The second-order valence-electron chi connectivity index (χ2n) is 7.05. The summed E-state index contributed by atoms with van der Waals surface area (Å²) in [7, 11) is 0. The van der Waals surface area contributed by atoms with Gasteiger partial charge in [0.25, 0.3) is 0 Å². The quantitative estimate of drug-likeness (QED) is 0.460. The van der Waals surface area contributed by atoms with Crippen LogP contribution in [0.1, 0.15) is 36.0 Å². The van der Waals surface area contributed by atoms with E-state index in [1.165, 1.54) is 22.5 Å². The zero-order valence-corrected chi connectivity index (χ0v) is 15.9. The van der Waals surface area contributed by atoms with E-state index in [1.54, 1.807) is 0 Å². The van der Waals surface area contributed by atoms with Crippen LogP contribution in [0, 0.1) is 0 Å². The van der Waals surface area contributed by atoms with Crippen molar-refractivity contribution in [2.24, 2.45) is 0 Å². The molecule has 0 saturated carbocycles. The van der Waals surface area contributed by atoms with E-state index < -0.39 is 0 Å². The third kappa shape index (κ3) is 3.40. The van der Waals surface area contributed by atoms with Crippen LogP contribution in [0.3, 0.4) is 0 Å². The molecule has 1 atom stereocenters. The number of nitrogens with zero attached hydrogens (tertiary/aromatic N) is 3. The van der Waals surface area contributed by atoms with Crippen molar-refractivity contribution in [2.45, 2.75) is 31.8 Å². The first kappa shape index (κ1) is 16.7. The van der Waals surface area contributed by atoms with Gasteiger partial charge < -0.3 is 4.52 Å². The van der Waals surface area contributed by atoms with Crippen molar-refractivity contribution in [3.05, 3.63) is 71.4 Å². The predicted molar refractivity (Wildman–Crippen MR) is 109 cm³/mol. The minimum Gasteiger partial charge on any atom is -0.356 e. The fourth-order valence-electron chi connectivity index (χ4n) is 3.83. The Morgan fingerprint density at radius 1 is 1.04 bits per heavy atom. The molecule has 2 aromatic heterocycles. The topological polar surface area (TPSA) is 42.2 Å². The normalized spacial score (nSPS) is 18.1. The van der Waals surface area contributed by atoms with Gasteiger partial charge in [-0.3, -0.25) is 4.90 Å². The number of rotatable bonds is 4. The molecule has 0 bridgehead atoms. The highest BCUT2D eigenvalue weighted by atomic mass is 32.1. The summed E-state index contributed by atoms with van der Waals surface area (Å²) in [6.45, 7) is 1.88. The van der Waals surface area contributed by atoms with Gasteiger partial charge in [-0.15, -0.1) is 11.3 Å². The lowest BCUT2D eigenvalue weighted by atomic mass is 10.0. The van der Waals surface area contributed by atoms with Gasteiger partial charge in [0.1, 0.15) is 5.01 Å². The summed E-state index contributed by atoms with van der Waals surface area (Å²) < 4.78 is 6.86. The van der Waals surface area contributed by atoms with Crippen molar-refractivity contribution in [2.75, 3.05) is 6.54 Å². The second-order valence-corrected chi connectivity index (χ2v) is 8.11. The molecule has 1 aliphatic heterocycles. The summed E-state index contributed by atoms with van der Waals surface area (Å²) >= 11 is 1.82. The standard InChI is InChI=1S/C22H21N3OS/c1-2-8-16(9-3-1)20-14-17(24-26-20)15-25-13-7-6-11-19(25)22-23-18-10-4-5-12-21(18)27-22/h1-5,8-10,12,14,19H,6-7,11,13,15H2/t19-/m1/s1. The van der Waals surface area contributed by atoms with Gasteiger partial charge in [-0.2, -0.15) is 0 Å². The SMILES string of the molecule is c1ccc(-c2cc(CN3CCCC[C@@H]3c3nc4ccccc4s3)no2)cc1. The lowest BCUT2D eigenvalue weighted by Gasteiger charge is -2.33. The predicted octanol–water partition coefficient (Wildman–Crippen LogP) is 5.68.